The molecule has 0 spiro atoms. The van der Waals surface area contributed by atoms with E-state index in [1.807, 2.05) is 0 Å². The van der Waals surface area contributed by atoms with Crippen LogP contribution in [0.4, 0.5) is 10.2 Å². The highest BCUT2D eigenvalue weighted by atomic mass is 79.9. The standard InChI is InChI=1S/C6H6BrFN2O/c7-5-2-1-4(9-10-8)3-6(5)11/h1-3,9-11H. The maximum atomic E-state index is 11.5. The fourth-order valence-corrected chi connectivity index (χ4v) is 0.892. The number of rotatable bonds is 2. The highest BCUT2D eigenvalue weighted by Crippen LogP contribution is 2.26. The Morgan fingerprint density at radius 1 is 1.45 bits per heavy atom. The van der Waals surface area contributed by atoms with Gasteiger partial charge in [-0.2, -0.15) is 0 Å². The number of phenolic OH excluding ortho intramolecular Hbond substituents is 1. The molecule has 0 heterocycles. The normalized spacial score (nSPS) is 9.64. The number of anilines is 1. The molecule has 0 fully saturated rings. The lowest BCUT2D eigenvalue weighted by Gasteiger charge is -2.02. The Labute approximate surface area is 71.3 Å². The molecule has 0 bridgehead atoms. The van der Waals surface area contributed by atoms with E-state index in [1.165, 1.54) is 11.7 Å². The monoisotopic (exact) mass is 220 g/mol. The Balaban J connectivity index is 2.86. The van der Waals surface area contributed by atoms with Crippen molar-refractivity contribution in [3.8, 4) is 5.75 Å². The van der Waals surface area contributed by atoms with Crippen LogP contribution in [0.25, 0.3) is 0 Å². The van der Waals surface area contributed by atoms with Crippen LogP contribution in [0.2, 0.25) is 0 Å². The predicted octanol–water partition coefficient (Wildman–Crippen LogP) is 1.96. The van der Waals surface area contributed by atoms with E-state index in [2.05, 4.69) is 21.4 Å². The van der Waals surface area contributed by atoms with Crippen LogP contribution in [0.15, 0.2) is 22.7 Å². The first-order chi connectivity index (χ1) is 5.24. The van der Waals surface area contributed by atoms with Crippen molar-refractivity contribution in [3.63, 3.8) is 0 Å². The summed E-state index contributed by atoms with van der Waals surface area (Å²) in [6, 6.07) is 4.60. The molecular weight excluding hydrogens is 215 g/mol. The van der Waals surface area contributed by atoms with E-state index in [0.29, 0.717) is 10.2 Å². The number of benzene rings is 1. The van der Waals surface area contributed by atoms with E-state index in [9.17, 15) is 4.48 Å². The molecule has 0 amide bonds. The zero-order valence-electron chi connectivity index (χ0n) is 5.44. The highest BCUT2D eigenvalue weighted by molar-refractivity contribution is 9.10. The summed E-state index contributed by atoms with van der Waals surface area (Å²) in [5.74, 6) is 0.0604. The second kappa shape index (κ2) is 3.54. The molecule has 0 saturated heterocycles. The molecule has 0 atom stereocenters. The first kappa shape index (κ1) is 8.29. The molecule has 0 radical (unpaired) electrons. The van der Waals surface area contributed by atoms with Crippen LogP contribution in [-0.4, -0.2) is 5.11 Å². The van der Waals surface area contributed by atoms with E-state index in [4.69, 9.17) is 5.11 Å². The lowest BCUT2D eigenvalue weighted by molar-refractivity contribution is 0.376. The molecule has 1 aromatic carbocycles. The molecule has 0 aliphatic rings. The lowest BCUT2D eigenvalue weighted by Crippen LogP contribution is -2.09. The van der Waals surface area contributed by atoms with Crippen LogP contribution >= 0.6 is 15.9 Å². The predicted molar refractivity (Wildman–Crippen MR) is 43.7 cm³/mol. The van der Waals surface area contributed by atoms with E-state index in [0.717, 1.165) is 0 Å². The van der Waals surface area contributed by atoms with Crippen molar-refractivity contribution in [3.05, 3.63) is 22.7 Å². The number of phenols is 1. The Morgan fingerprint density at radius 2 is 2.18 bits per heavy atom. The van der Waals surface area contributed by atoms with Crippen molar-refractivity contribution in [1.82, 2.24) is 5.65 Å². The van der Waals surface area contributed by atoms with Gasteiger partial charge in [-0.05, 0) is 28.1 Å². The maximum absolute atomic E-state index is 11.5. The summed E-state index contributed by atoms with van der Waals surface area (Å²) < 4.78 is 12.0. The largest absolute Gasteiger partial charge is 0.507 e. The fraction of sp³-hybridized carbons (Fsp3) is 0. The van der Waals surface area contributed by atoms with Crippen LogP contribution in [0, 0.1) is 0 Å². The van der Waals surface area contributed by atoms with Crippen molar-refractivity contribution < 1.29 is 9.59 Å². The van der Waals surface area contributed by atoms with E-state index < -0.39 is 0 Å². The minimum Gasteiger partial charge on any atom is -0.507 e. The summed E-state index contributed by atoms with van der Waals surface area (Å²) in [4.78, 5) is 0. The molecule has 11 heavy (non-hydrogen) atoms. The average molecular weight is 221 g/mol. The number of hydrogen-bond acceptors (Lipinski definition) is 3. The maximum Gasteiger partial charge on any atom is 0.131 e. The quantitative estimate of drug-likeness (QED) is 0.528. The number of hydrazine groups is 1. The molecule has 60 valence electrons. The molecule has 0 aliphatic heterocycles. The zero-order valence-corrected chi connectivity index (χ0v) is 7.02. The Bertz CT molecular complexity index is 256. The van der Waals surface area contributed by atoms with Crippen molar-refractivity contribution in [2.45, 2.75) is 0 Å². The van der Waals surface area contributed by atoms with Gasteiger partial charge in [0, 0.05) is 6.07 Å². The summed E-state index contributed by atoms with van der Waals surface area (Å²) >= 11 is 3.09. The molecule has 0 aliphatic carbocycles. The number of aromatic hydroxyl groups is 1. The Kier molecular flexibility index (Phi) is 2.67. The SMILES string of the molecule is Oc1cc(NNF)ccc1Br. The van der Waals surface area contributed by atoms with Crippen LogP contribution < -0.4 is 11.1 Å². The summed E-state index contributed by atoms with van der Waals surface area (Å²) in [5.41, 5.74) is 3.88. The van der Waals surface area contributed by atoms with Gasteiger partial charge in [0.25, 0.3) is 0 Å². The van der Waals surface area contributed by atoms with Gasteiger partial charge in [-0.3, -0.25) is 5.43 Å². The lowest BCUT2D eigenvalue weighted by atomic mass is 10.3. The summed E-state index contributed by atoms with van der Waals surface area (Å²) in [5, 5.41) is 9.09. The highest BCUT2D eigenvalue weighted by Gasteiger charge is 1.97. The second-order valence-electron chi connectivity index (χ2n) is 1.89. The third-order valence-corrected chi connectivity index (χ3v) is 1.81. The van der Waals surface area contributed by atoms with E-state index in [1.54, 1.807) is 12.1 Å². The van der Waals surface area contributed by atoms with Crippen molar-refractivity contribution in [2.24, 2.45) is 0 Å². The van der Waals surface area contributed by atoms with Gasteiger partial charge in [0.2, 0.25) is 0 Å². The van der Waals surface area contributed by atoms with E-state index in [-0.39, 0.29) is 5.75 Å². The Hall–Kier alpha value is -0.810. The van der Waals surface area contributed by atoms with Gasteiger partial charge in [0.1, 0.15) is 5.75 Å². The van der Waals surface area contributed by atoms with Gasteiger partial charge in [-0.1, -0.05) is 5.65 Å². The van der Waals surface area contributed by atoms with Gasteiger partial charge in [-0.15, -0.1) is 4.48 Å². The molecule has 5 heteroatoms. The molecular formula is C6H6BrFN2O. The second-order valence-corrected chi connectivity index (χ2v) is 2.74. The fourth-order valence-electron chi connectivity index (χ4n) is 0.645. The summed E-state index contributed by atoms with van der Waals surface area (Å²) in [6.07, 6.45) is 0. The number of hydrogen-bond donors (Lipinski definition) is 3. The summed E-state index contributed by atoms with van der Waals surface area (Å²) in [7, 11) is 0. The topological polar surface area (TPSA) is 44.3 Å². The molecule has 3 N–H and O–H groups in total. The molecule has 0 unspecified atom stereocenters. The number of halogens is 2. The van der Waals surface area contributed by atoms with Gasteiger partial charge >= 0.3 is 0 Å². The molecule has 1 aromatic rings. The van der Waals surface area contributed by atoms with Crippen LogP contribution in [0.1, 0.15) is 0 Å². The first-order valence-electron chi connectivity index (χ1n) is 2.84. The zero-order chi connectivity index (χ0) is 8.27. The third kappa shape index (κ3) is 2.06. The molecule has 0 saturated carbocycles. The van der Waals surface area contributed by atoms with E-state index >= 15 is 0 Å². The van der Waals surface area contributed by atoms with Gasteiger partial charge in [0.15, 0.2) is 0 Å². The average Bonchev–Trinajstić information content (AvgIpc) is 1.98. The van der Waals surface area contributed by atoms with Crippen LogP contribution in [0.3, 0.4) is 0 Å². The van der Waals surface area contributed by atoms with Crippen LogP contribution in [0.5, 0.6) is 5.75 Å². The molecule has 1 rings (SSSR count). The Morgan fingerprint density at radius 3 is 2.73 bits per heavy atom. The first-order valence-corrected chi connectivity index (χ1v) is 3.63. The molecule has 3 nitrogen and oxygen atoms in total. The molecule has 0 aromatic heterocycles. The van der Waals surface area contributed by atoms with Gasteiger partial charge in [0.05, 0.1) is 10.2 Å². The minimum atomic E-state index is 0.0604. The number of nitrogens with one attached hydrogen (secondary N) is 2. The van der Waals surface area contributed by atoms with Gasteiger partial charge in [-0.25, -0.2) is 0 Å². The van der Waals surface area contributed by atoms with Crippen molar-refractivity contribution >= 4 is 21.6 Å². The third-order valence-electron chi connectivity index (χ3n) is 1.14. The van der Waals surface area contributed by atoms with Crippen LogP contribution in [-0.2, 0) is 0 Å². The smallest absolute Gasteiger partial charge is 0.131 e. The minimum absolute atomic E-state index is 0.0604. The van der Waals surface area contributed by atoms with Gasteiger partial charge < -0.3 is 5.11 Å². The summed E-state index contributed by atoms with van der Waals surface area (Å²) in [6.45, 7) is 0. The van der Waals surface area contributed by atoms with Crippen molar-refractivity contribution in [1.29, 1.82) is 0 Å². The van der Waals surface area contributed by atoms with Crippen molar-refractivity contribution in [2.75, 3.05) is 5.43 Å².